The summed E-state index contributed by atoms with van der Waals surface area (Å²) < 4.78 is 1.75. The Morgan fingerprint density at radius 1 is 1.08 bits per heavy atom. The third kappa shape index (κ3) is 3.04. The summed E-state index contributed by atoms with van der Waals surface area (Å²) in [5.74, 6) is 1.02. The van der Waals surface area contributed by atoms with Crippen molar-refractivity contribution in [2.45, 2.75) is 13.0 Å². The van der Waals surface area contributed by atoms with Crippen LogP contribution in [0.3, 0.4) is 0 Å². The Balaban J connectivity index is 1.51. The number of phenolic OH excluding ortho intramolecular Hbond substituents is 1. The van der Waals surface area contributed by atoms with Crippen molar-refractivity contribution in [3.8, 4) is 5.75 Å². The lowest BCUT2D eigenvalue weighted by Crippen LogP contribution is -2.02. The Labute approximate surface area is 141 Å². The van der Waals surface area contributed by atoms with Crippen LogP contribution in [0, 0.1) is 0 Å². The van der Waals surface area contributed by atoms with Crippen molar-refractivity contribution in [1.82, 2.24) is 24.8 Å². The predicted octanol–water partition coefficient (Wildman–Crippen LogP) is 2.49. The number of nitrogens with one attached hydrogen (secondary N) is 1. The number of nitrogens with zero attached hydrogens (tertiary/aromatic N) is 5. The average molecular weight is 338 g/mol. The van der Waals surface area contributed by atoms with Crippen molar-refractivity contribution >= 4 is 21.4 Å². The van der Waals surface area contributed by atoms with Crippen molar-refractivity contribution in [3.63, 3.8) is 0 Å². The smallest absolute Gasteiger partial charge is 0.236 e. The number of phenols is 1. The van der Waals surface area contributed by atoms with E-state index in [2.05, 4.69) is 25.6 Å². The fourth-order valence-electron chi connectivity index (χ4n) is 2.32. The maximum Gasteiger partial charge on any atom is 0.236 e. The summed E-state index contributed by atoms with van der Waals surface area (Å²) in [5.41, 5.74) is 2.13. The second-order valence-electron chi connectivity index (χ2n) is 5.28. The number of anilines is 1. The van der Waals surface area contributed by atoms with Gasteiger partial charge in [-0.05, 0) is 29.3 Å². The number of aromatic hydroxyl groups is 1. The van der Waals surface area contributed by atoms with E-state index in [-0.39, 0.29) is 5.75 Å². The molecule has 0 spiro atoms. The van der Waals surface area contributed by atoms with Gasteiger partial charge >= 0.3 is 0 Å². The molecule has 0 fully saturated rings. The zero-order chi connectivity index (χ0) is 16.4. The van der Waals surface area contributed by atoms with Crippen LogP contribution in [-0.4, -0.2) is 29.9 Å². The van der Waals surface area contributed by atoms with Crippen LogP contribution < -0.4 is 5.32 Å². The molecule has 4 aromatic rings. The molecule has 0 aliphatic rings. The summed E-state index contributed by atoms with van der Waals surface area (Å²) in [4.78, 5) is 4.84. The second kappa shape index (κ2) is 6.25. The molecular weight excluding hydrogens is 324 g/mol. The first-order chi connectivity index (χ1) is 11.8. The quantitative estimate of drug-likeness (QED) is 0.581. The highest BCUT2D eigenvalue weighted by Crippen LogP contribution is 2.21. The van der Waals surface area contributed by atoms with Crippen LogP contribution in [0.1, 0.15) is 17.0 Å². The minimum atomic E-state index is 0.251. The van der Waals surface area contributed by atoms with Gasteiger partial charge in [-0.2, -0.15) is 4.52 Å². The molecule has 3 aromatic heterocycles. The van der Waals surface area contributed by atoms with Crippen LogP contribution >= 0.6 is 11.3 Å². The topological polar surface area (TPSA) is 88.2 Å². The summed E-state index contributed by atoms with van der Waals surface area (Å²) >= 11 is 1.46. The monoisotopic (exact) mass is 338 g/mol. The van der Waals surface area contributed by atoms with Gasteiger partial charge in [-0.15, -0.1) is 15.3 Å². The van der Waals surface area contributed by atoms with Crippen molar-refractivity contribution in [3.05, 3.63) is 65.7 Å². The molecule has 0 saturated carbocycles. The van der Waals surface area contributed by atoms with Gasteiger partial charge in [0.15, 0.2) is 5.82 Å². The molecule has 7 nitrogen and oxygen atoms in total. The lowest BCUT2D eigenvalue weighted by atomic mass is 10.1. The van der Waals surface area contributed by atoms with Crippen LogP contribution in [0.4, 0.5) is 5.13 Å². The molecule has 0 saturated heterocycles. The van der Waals surface area contributed by atoms with E-state index in [0.29, 0.717) is 13.0 Å². The Morgan fingerprint density at radius 2 is 1.96 bits per heavy atom. The van der Waals surface area contributed by atoms with E-state index in [0.717, 1.165) is 27.0 Å². The molecule has 0 unspecified atom stereocenters. The summed E-state index contributed by atoms with van der Waals surface area (Å²) in [6.07, 6.45) is 4.18. The van der Waals surface area contributed by atoms with E-state index in [1.165, 1.54) is 11.3 Å². The van der Waals surface area contributed by atoms with Crippen molar-refractivity contribution in [1.29, 1.82) is 0 Å². The van der Waals surface area contributed by atoms with E-state index in [4.69, 9.17) is 0 Å². The molecule has 0 aliphatic heterocycles. The molecule has 0 aliphatic carbocycles. The second-order valence-corrected chi connectivity index (χ2v) is 6.23. The van der Waals surface area contributed by atoms with Gasteiger partial charge in [0.1, 0.15) is 5.75 Å². The Kier molecular flexibility index (Phi) is 3.80. The fraction of sp³-hybridized carbons (Fsp3) is 0.125. The third-order valence-corrected chi connectivity index (χ3v) is 4.38. The Bertz CT molecular complexity index is 948. The first kappa shape index (κ1) is 14.6. The van der Waals surface area contributed by atoms with Gasteiger partial charge < -0.3 is 10.4 Å². The van der Waals surface area contributed by atoms with E-state index in [1.54, 1.807) is 22.8 Å². The highest BCUT2D eigenvalue weighted by Gasteiger charge is 2.12. The largest absolute Gasteiger partial charge is 0.508 e. The molecule has 8 heteroatoms. The zero-order valence-corrected chi connectivity index (χ0v) is 13.4. The highest BCUT2D eigenvalue weighted by atomic mass is 32.1. The number of aromatic nitrogens is 5. The minimum Gasteiger partial charge on any atom is -0.508 e. The minimum absolute atomic E-state index is 0.251. The van der Waals surface area contributed by atoms with Crippen LogP contribution in [-0.2, 0) is 13.0 Å². The predicted molar refractivity (Wildman–Crippen MR) is 91.1 cm³/mol. The molecule has 3 heterocycles. The number of benzene rings is 1. The summed E-state index contributed by atoms with van der Waals surface area (Å²) in [6.45, 7) is 0.658. The van der Waals surface area contributed by atoms with Crippen molar-refractivity contribution in [2.24, 2.45) is 0 Å². The summed E-state index contributed by atoms with van der Waals surface area (Å²) in [5, 5.41) is 26.3. The summed E-state index contributed by atoms with van der Waals surface area (Å²) in [6, 6.07) is 11.0. The molecule has 1 aromatic carbocycles. The zero-order valence-electron chi connectivity index (χ0n) is 12.6. The number of pyridine rings is 1. The molecule has 0 atom stereocenters. The highest BCUT2D eigenvalue weighted by molar-refractivity contribution is 7.20. The van der Waals surface area contributed by atoms with Crippen molar-refractivity contribution < 1.29 is 5.11 Å². The molecule has 0 bridgehead atoms. The number of hydrogen-bond donors (Lipinski definition) is 2. The SMILES string of the molecule is Oc1ccc(Cc2nnc3sc(NCc4cccnc4)nn23)cc1. The standard InChI is InChI=1S/C16H14N6OS/c23-13-5-3-11(4-6-13)8-14-19-20-16-22(14)21-15(24-16)18-10-12-2-1-7-17-9-12/h1-7,9,23H,8,10H2,(H,18,21). The maximum atomic E-state index is 9.35. The van der Waals surface area contributed by atoms with Crippen LogP contribution in [0.25, 0.3) is 4.96 Å². The van der Waals surface area contributed by atoms with Crippen LogP contribution in [0.5, 0.6) is 5.75 Å². The van der Waals surface area contributed by atoms with Crippen LogP contribution in [0.2, 0.25) is 0 Å². The van der Waals surface area contributed by atoms with E-state index in [1.807, 2.05) is 30.5 Å². The van der Waals surface area contributed by atoms with Gasteiger partial charge in [0, 0.05) is 25.4 Å². The normalized spacial score (nSPS) is 11.0. The maximum absolute atomic E-state index is 9.35. The Morgan fingerprint density at radius 3 is 2.75 bits per heavy atom. The van der Waals surface area contributed by atoms with Crippen molar-refractivity contribution in [2.75, 3.05) is 5.32 Å². The van der Waals surface area contributed by atoms with Gasteiger partial charge in [-0.3, -0.25) is 4.98 Å². The summed E-state index contributed by atoms with van der Waals surface area (Å²) in [7, 11) is 0. The van der Waals surface area contributed by atoms with Gasteiger partial charge in [-0.1, -0.05) is 29.5 Å². The first-order valence-electron chi connectivity index (χ1n) is 7.40. The average Bonchev–Trinajstić information content (AvgIpc) is 3.17. The molecule has 0 amide bonds. The molecule has 24 heavy (non-hydrogen) atoms. The van der Waals surface area contributed by atoms with Crippen LogP contribution in [0.15, 0.2) is 48.8 Å². The molecule has 2 N–H and O–H groups in total. The number of rotatable bonds is 5. The fourth-order valence-corrected chi connectivity index (χ4v) is 3.07. The number of hydrogen-bond acceptors (Lipinski definition) is 7. The van der Waals surface area contributed by atoms with E-state index in [9.17, 15) is 5.11 Å². The Hall–Kier alpha value is -3.00. The molecular formula is C16H14N6OS. The molecule has 0 radical (unpaired) electrons. The van der Waals surface area contributed by atoms with Gasteiger partial charge in [0.25, 0.3) is 0 Å². The molecule has 4 rings (SSSR count). The van der Waals surface area contributed by atoms with Gasteiger partial charge in [0.05, 0.1) is 0 Å². The number of fused-ring (bicyclic) bond motifs is 1. The first-order valence-corrected chi connectivity index (χ1v) is 8.21. The van der Waals surface area contributed by atoms with Gasteiger partial charge in [0.2, 0.25) is 10.1 Å². The lowest BCUT2D eigenvalue weighted by Gasteiger charge is -2.01. The molecule has 120 valence electrons. The van der Waals surface area contributed by atoms with Gasteiger partial charge in [-0.25, -0.2) is 0 Å². The lowest BCUT2D eigenvalue weighted by molar-refractivity contribution is 0.475. The van der Waals surface area contributed by atoms with E-state index < -0.39 is 0 Å². The third-order valence-electron chi connectivity index (χ3n) is 3.52. The van der Waals surface area contributed by atoms with E-state index >= 15 is 0 Å².